The molecule has 0 spiro atoms. The molecule has 0 unspecified atom stereocenters. The van der Waals surface area contributed by atoms with Crippen molar-refractivity contribution in [2.75, 3.05) is 38.3 Å². The number of nitrogens with zero attached hydrogens (tertiary/aromatic N) is 2. The van der Waals surface area contributed by atoms with Gasteiger partial charge < -0.3 is 25.0 Å². The summed E-state index contributed by atoms with van der Waals surface area (Å²) in [5, 5.41) is 29.1. The molecule has 0 saturated heterocycles. The highest BCUT2D eigenvalue weighted by Gasteiger charge is 2.45. The standard InChI is InChI=1S/C46H57N2O6S/c1-45(2)38-30-33(32-51)18-22-40(38)47(26-9-11-28-49)42(45)24-19-34-14-13-15-35(44(34)55(52,53)37-16-7-6-8-17-37)20-25-43-46(3,4)39-31-36(54-5)21-23-41(39)48(43)27-10-12-29-50/h6-8,16-25,30-31,49-51H,9-15,26-29,32H2,1-5H3/q+1. The van der Waals surface area contributed by atoms with E-state index in [0.29, 0.717) is 37.1 Å². The number of allylic oxidation sites excluding steroid dienone is 7. The molecule has 3 aromatic carbocycles. The van der Waals surface area contributed by atoms with Crippen LogP contribution in [0.3, 0.4) is 0 Å². The van der Waals surface area contributed by atoms with Crippen LogP contribution in [0.2, 0.25) is 0 Å². The van der Waals surface area contributed by atoms with Crippen molar-refractivity contribution in [1.29, 1.82) is 0 Å². The molecule has 2 heterocycles. The van der Waals surface area contributed by atoms with Gasteiger partial charge in [-0.15, -0.1) is 0 Å². The highest BCUT2D eigenvalue weighted by molar-refractivity contribution is 7.95. The van der Waals surface area contributed by atoms with Crippen molar-refractivity contribution in [2.45, 2.75) is 95.0 Å². The third kappa shape index (κ3) is 7.90. The first-order chi connectivity index (χ1) is 26.4. The van der Waals surface area contributed by atoms with E-state index in [-0.39, 0.29) is 30.1 Å². The second-order valence-electron chi connectivity index (χ2n) is 15.8. The van der Waals surface area contributed by atoms with Gasteiger partial charge in [-0.05, 0) is 117 Å². The van der Waals surface area contributed by atoms with Crippen LogP contribution in [0.1, 0.15) is 89.3 Å². The van der Waals surface area contributed by atoms with Crippen LogP contribution >= 0.6 is 0 Å². The zero-order valence-electron chi connectivity index (χ0n) is 33.0. The summed E-state index contributed by atoms with van der Waals surface area (Å²) >= 11 is 0. The molecule has 0 radical (unpaired) electrons. The Morgan fingerprint density at radius 2 is 1.56 bits per heavy atom. The summed E-state index contributed by atoms with van der Waals surface area (Å²) in [6.07, 6.45) is 13.3. The van der Waals surface area contributed by atoms with Crippen LogP contribution in [-0.4, -0.2) is 67.4 Å². The lowest BCUT2D eigenvalue weighted by atomic mass is 9.80. The average molecular weight is 766 g/mol. The van der Waals surface area contributed by atoms with E-state index in [1.165, 1.54) is 0 Å². The molecule has 292 valence electrons. The molecule has 3 aromatic rings. The third-order valence-corrected chi connectivity index (χ3v) is 13.5. The van der Waals surface area contributed by atoms with E-state index in [4.69, 9.17) is 4.74 Å². The van der Waals surface area contributed by atoms with Crippen molar-refractivity contribution in [3.63, 3.8) is 0 Å². The third-order valence-electron chi connectivity index (χ3n) is 11.5. The number of unbranched alkanes of at least 4 members (excludes halogenated alkanes) is 2. The summed E-state index contributed by atoms with van der Waals surface area (Å²) in [5.74, 6) is 0.789. The number of aliphatic hydroxyl groups excluding tert-OH is 3. The van der Waals surface area contributed by atoms with Crippen molar-refractivity contribution in [3.05, 3.63) is 129 Å². The first kappa shape index (κ1) is 40.4. The Morgan fingerprint density at radius 3 is 2.27 bits per heavy atom. The Bertz CT molecular complexity index is 2160. The molecule has 0 fully saturated rings. The SMILES string of the molecule is COc1ccc2c(c1)C(C)(C)/C(=C\C=C1/CCCC(/C=C/C3=[N+](CCCCO)c4ccc(CO)cc4C3(C)C)=C1S(=O)(=O)c1ccccc1)N2CCCCO. The maximum absolute atomic E-state index is 14.8. The van der Waals surface area contributed by atoms with Gasteiger partial charge >= 0.3 is 0 Å². The Labute approximate surface area is 327 Å². The van der Waals surface area contributed by atoms with E-state index < -0.39 is 15.3 Å². The summed E-state index contributed by atoms with van der Waals surface area (Å²) in [7, 11) is -2.23. The Hall–Kier alpha value is -4.28. The van der Waals surface area contributed by atoms with E-state index in [1.807, 2.05) is 30.4 Å². The molecular weight excluding hydrogens is 709 g/mol. The predicted octanol–water partition coefficient (Wildman–Crippen LogP) is 8.18. The monoisotopic (exact) mass is 765 g/mol. The van der Waals surface area contributed by atoms with E-state index >= 15 is 0 Å². The number of hydrogen-bond donors (Lipinski definition) is 3. The fourth-order valence-electron chi connectivity index (χ4n) is 8.49. The molecule has 9 heteroatoms. The van der Waals surface area contributed by atoms with E-state index in [0.717, 1.165) is 82.2 Å². The topological polar surface area (TPSA) is 110 Å². The van der Waals surface area contributed by atoms with Gasteiger partial charge in [0.25, 0.3) is 0 Å². The molecule has 3 N–H and O–H groups in total. The molecule has 0 atom stereocenters. The van der Waals surface area contributed by atoms with Crippen molar-refractivity contribution in [3.8, 4) is 5.75 Å². The van der Waals surface area contributed by atoms with E-state index in [2.05, 4.69) is 73.6 Å². The molecule has 3 aliphatic rings. The number of methoxy groups -OCH3 is 1. The lowest BCUT2D eigenvalue weighted by Crippen LogP contribution is -2.28. The average Bonchev–Trinajstić information content (AvgIpc) is 3.53. The fraction of sp³-hybridized carbons (Fsp3) is 0.413. The van der Waals surface area contributed by atoms with Gasteiger partial charge in [0, 0.05) is 60.7 Å². The zero-order chi connectivity index (χ0) is 39.4. The first-order valence-electron chi connectivity index (χ1n) is 19.6. The minimum Gasteiger partial charge on any atom is -0.497 e. The molecule has 0 saturated carbocycles. The summed E-state index contributed by atoms with van der Waals surface area (Å²) in [6.45, 7) is 10.4. The Balaban J connectivity index is 1.50. The van der Waals surface area contributed by atoms with Gasteiger partial charge in [-0.3, -0.25) is 0 Å². The van der Waals surface area contributed by atoms with Crippen LogP contribution in [0.25, 0.3) is 0 Å². The van der Waals surface area contributed by atoms with Crippen LogP contribution in [0.4, 0.5) is 11.4 Å². The molecule has 0 amide bonds. The zero-order valence-corrected chi connectivity index (χ0v) is 33.8. The second-order valence-corrected chi connectivity index (χ2v) is 17.7. The molecular formula is C46H57N2O6S+. The highest BCUT2D eigenvalue weighted by atomic mass is 32.2. The van der Waals surface area contributed by atoms with Crippen LogP contribution < -0.4 is 9.64 Å². The maximum Gasteiger partial charge on any atom is 0.209 e. The smallest absolute Gasteiger partial charge is 0.209 e. The van der Waals surface area contributed by atoms with Crippen molar-refractivity contribution >= 4 is 26.9 Å². The van der Waals surface area contributed by atoms with Gasteiger partial charge in [0.05, 0.1) is 28.9 Å². The summed E-state index contributed by atoms with van der Waals surface area (Å²) < 4.78 is 37.4. The number of hydrogen-bond acceptors (Lipinski definition) is 7. The maximum atomic E-state index is 14.8. The quantitative estimate of drug-likeness (QED) is 0.106. The Kier molecular flexibility index (Phi) is 12.4. The lowest BCUT2D eigenvalue weighted by molar-refractivity contribution is -0.438. The predicted molar refractivity (Wildman–Crippen MR) is 221 cm³/mol. The molecule has 0 aromatic heterocycles. The van der Waals surface area contributed by atoms with E-state index in [9.17, 15) is 23.7 Å². The van der Waals surface area contributed by atoms with Crippen LogP contribution in [0.15, 0.2) is 118 Å². The van der Waals surface area contributed by atoms with Crippen LogP contribution in [0.5, 0.6) is 5.75 Å². The number of rotatable bonds is 15. The van der Waals surface area contributed by atoms with Crippen LogP contribution in [-0.2, 0) is 27.3 Å². The molecule has 2 aliphatic heterocycles. The summed E-state index contributed by atoms with van der Waals surface area (Å²) in [5.41, 5.74) is 8.19. The molecule has 55 heavy (non-hydrogen) atoms. The van der Waals surface area contributed by atoms with Crippen molar-refractivity contribution in [1.82, 2.24) is 0 Å². The van der Waals surface area contributed by atoms with Crippen molar-refractivity contribution < 1.29 is 33.0 Å². The number of fused-ring (bicyclic) bond motifs is 2. The van der Waals surface area contributed by atoms with Crippen LogP contribution in [0, 0.1) is 0 Å². The van der Waals surface area contributed by atoms with Gasteiger partial charge in [-0.1, -0.05) is 50.3 Å². The number of aliphatic hydroxyl groups is 3. The minimum atomic E-state index is -3.90. The van der Waals surface area contributed by atoms with Gasteiger partial charge in [-0.2, -0.15) is 4.58 Å². The molecule has 0 bridgehead atoms. The van der Waals surface area contributed by atoms with Gasteiger partial charge in [0.1, 0.15) is 12.3 Å². The second kappa shape index (κ2) is 16.8. The number of benzene rings is 3. The number of sulfone groups is 1. The largest absolute Gasteiger partial charge is 0.497 e. The number of ether oxygens (including phenoxy) is 1. The normalized spacial score (nSPS) is 19.2. The van der Waals surface area contributed by atoms with Gasteiger partial charge in [0.2, 0.25) is 15.5 Å². The molecule has 1 aliphatic carbocycles. The number of anilines is 1. The van der Waals surface area contributed by atoms with Gasteiger partial charge in [0.15, 0.2) is 5.71 Å². The van der Waals surface area contributed by atoms with Crippen molar-refractivity contribution in [2.24, 2.45) is 0 Å². The molecule has 6 rings (SSSR count). The summed E-state index contributed by atoms with van der Waals surface area (Å²) in [6, 6.07) is 21.0. The van der Waals surface area contributed by atoms with E-state index in [1.54, 1.807) is 31.4 Å². The highest BCUT2D eigenvalue weighted by Crippen LogP contribution is 2.49. The Morgan fingerprint density at radius 1 is 0.818 bits per heavy atom. The minimum absolute atomic E-state index is 0.0458. The lowest BCUT2D eigenvalue weighted by Gasteiger charge is -2.27. The first-order valence-corrected chi connectivity index (χ1v) is 21.1. The summed E-state index contributed by atoms with van der Waals surface area (Å²) in [4.78, 5) is 2.94. The van der Waals surface area contributed by atoms with Gasteiger partial charge in [-0.25, -0.2) is 8.42 Å². The molecule has 8 nitrogen and oxygen atoms in total. The fourth-order valence-corrected chi connectivity index (χ4v) is 10.3.